The summed E-state index contributed by atoms with van der Waals surface area (Å²) in [6.45, 7) is 6.12. The molecule has 0 radical (unpaired) electrons. The van der Waals surface area contributed by atoms with Crippen LogP contribution in [-0.2, 0) is 4.79 Å². The summed E-state index contributed by atoms with van der Waals surface area (Å²) in [4.78, 5) is 23.4. The molecule has 10 heteroatoms. The predicted molar refractivity (Wildman–Crippen MR) is 174 cm³/mol. The van der Waals surface area contributed by atoms with Crippen LogP contribution in [0.2, 0.25) is 5.02 Å². The molecule has 46 heavy (non-hydrogen) atoms. The van der Waals surface area contributed by atoms with Gasteiger partial charge in [-0.25, -0.2) is 13.8 Å². The number of alkyl halides is 1. The summed E-state index contributed by atoms with van der Waals surface area (Å²) in [5.41, 5.74) is 1.78. The number of amides is 1. The maximum atomic E-state index is 16.3. The number of rotatable bonds is 6. The fourth-order valence-electron chi connectivity index (χ4n) is 8.39. The minimum atomic E-state index is -0.917. The van der Waals surface area contributed by atoms with Gasteiger partial charge in [-0.3, -0.25) is 9.69 Å². The van der Waals surface area contributed by atoms with Gasteiger partial charge >= 0.3 is 0 Å². The van der Waals surface area contributed by atoms with Gasteiger partial charge in [-0.15, -0.1) is 0 Å². The number of aromatic nitrogens is 1. The summed E-state index contributed by atoms with van der Waals surface area (Å²) < 4.78 is 37.3. The zero-order valence-electron chi connectivity index (χ0n) is 25.2. The first-order valence-corrected chi connectivity index (χ1v) is 16.2. The van der Waals surface area contributed by atoms with Crippen LogP contribution in [0.3, 0.4) is 0 Å². The van der Waals surface area contributed by atoms with Crippen LogP contribution in [0.5, 0.6) is 5.88 Å². The van der Waals surface area contributed by atoms with E-state index in [0.717, 1.165) is 30.2 Å². The summed E-state index contributed by atoms with van der Waals surface area (Å²) in [7, 11) is 0. The van der Waals surface area contributed by atoms with Crippen LogP contribution in [0.15, 0.2) is 61.2 Å². The Labute approximate surface area is 270 Å². The zero-order chi connectivity index (χ0) is 31.7. The van der Waals surface area contributed by atoms with Crippen molar-refractivity contribution in [3.8, 4) is 23.1 Å². The van der Waals surface area contributed by atoms with Gasteiger partial charge < -0.3 is 14.5 Å². The molecular weight excluding hydrogens is 608 g/mol. The normalized spacial score (nSPS) is 25.4. The number of carbonyl (C=O) groups is 1. The van der Waals surface area contributed by atoms with Crippen molar-refractivity contribution in [3.05, 3.63) is 77.6 Å². The number of likely N-dealkylation sites (tertiary alicyclic amines) is 1. The molecular formula is C36H32ClF2N5O2. The van der Waals surface area contributed by atoms with E-state index in [2.05, 4.69) is 22.4 Å². The Hall–Kier alpha value is -4.26. The second kappa shape index (κ2) is 10.9. The molecule has 8 rings (SSSR count). The molecule has 0 spiro atoms. The molecule has 0 bridgehead atoms. The number of hydrogen-bond donors (Lipinski definition) is 0. The summed E-state index contributed by atoms with van der Waals surface area (Å²) in [6.07, 6.45) is 3.28. The second-order valence-electron chi connectivity index (χ2n) is 12.9. The van der Waals surface area contributed by atoms with E-state index in [1.165, 1.54) is 12.1 Å². The number of hydrogen-bond acceptors (Lipinski definition) is 6. The number of carbonyl (C=O) groups excluding carboxylic acids is 1. The fourth-order valence-corrected chi connectivity index (χ4v) is 8.68. The van der Waals surface area contributed by atoms with Crippen molar-refractivity contribution < 1.29 is 18.3 Å². The Morgan fingerprint density at radius 2 is 2.00 bits per heavy atom. The monoisotopic (exact) mass is 639 g/mol. The number of anilines is 1. The van der Waals surface area contributed by atoms with E-state index in [1.54, 1.807) is 12.1 Å². The Kier molecular flexibility index (Phi) is 6.93. The number of nitriles is 1. The minimum absolute atomic E-state index is 0.0301. The number of benzene rings is 3. The Morgan fingerprint density at radius 1 is 1.17 bits per heavy atom. The highest BCUT2D eigenvalue weighted by molar-refractivity contribution is 6.36. The average Bonchev–Trinajstić information content (AvgIpc) is 3.68. The molecule has 5 heterocycles. The summed E-state index contributed by atoms with van der Waals surface area (Å²) in [5.74, 6) is -0.431. The summed E-state index contributed by atoms with van der Waals surface area (Å²) in [5, 5.41) is 13.2. The van der Waals surface area contributed by atoms with Crippen molar-refractivity contribution in [2.24, 2.45) is 0 Å². The van der Waals surface area contributed by atoms with Crippen molar-refractivity contribution in [3.63, 3.8) is 0 Å². The smallest absolute Gasteiger partial charge is 0.246 e. The molecule has 1 aromatic heterocycles. The van der Waals surface area contributed by atoms with Crippen LogP contribution >= 0.6 is 11.6 Å². The van der Waals surface area contributed by atoms with Gasteiger partial charge in [-0.1, -0.05) is 48.5 Å². The fraction of sp³-hybridized carbons (Fsp3) is 0.361. The molecule has 234 valence electrons. The van der Waals surface area contributed by atoms with Gasteiger partial charge in [0.05, 0.1) is 28.8 Å². The SMILES string of the molecule is C=CC(=O)N1CC[C@@H]2[C@H]1CN2c1c(C#N)c(OC[C@@]23CCCN2C[C@H](F)C3)nc2cc(-c3cccc4cccc(Cl)c34)c(F)cc12. The molecule has 3 aromatic carbocycles. The van der Waals surface area contributed by atoms with Gasteiger partial charge in [-0.2, -0.15) is 5.26 Å². The number of fused-ring (bicyclic) bond motifs is 4. The number of halogens is 3. The molecule has 7 nitrogen and oxygen atoms in total. The summed E-state index contributed by atoms with van der Waals surface area (Å²) >= 11 is 6.63. The standard InChI is InChI=1S/C36H32ClF2N5O2/c1-2-32(45)43-13-10-30-31(43)19-44(30)34-25-14-28(39)24(23-8-3-6-21-7-4-9-27(37)33(21)23)15-29(25)41-35(26(34)17-40)46-20-36-11-5-12-42(36)18-22(38)16-36/h2-4,6-9,14-15,22,30-31H,1,5,10-13,16,18-20H2/t22-,30-,31-,36+/m1/s1. The number of pyridine rings is 1. The lowest BCUT2D eigenvalue weighted by Crippen LogP contribution is -2.63. The first kappa shape index (κ1) is 29.2. The lowest BCUT2D eigenvalue weighted by Gasteiger charge is -2.48. The van der Waals surface area contributed by atoms with Crippen molar-refractivity contribution in [2.75, 3.05) is 37.7 Å². The van der Waals surface area contributed by atoms with Gasteiger partial charge in [-0.05, 0) is 61.0 Å². The van der Waals surface area contributed by atoms with E-state index >= 15 is 4.39 Å². The van der Waals surface area contributed by atoms with Crippen molar-refractivity contribution in [1.82, 2.24) is 14.8 Å². The van der Waals surface area contributed by atoms with E-state index in [9.17, 15) is 14.4 Å². The van der Waals surface area contributed by atoms with E-state index in [-0.39, 0.29) is 36.0 Å². The maximum absolute atomic E-state index is 16.3. The lowest BCUT2D eigenvalue weighted by molar-refractivity contribution is -0.127. The van der Waals surface area contributed by atoms with Crippen molar-refractivity contribution in [1.29, 1.82) is 5.26 Å². The third kappa shape index (κ3) is 4.38. The average molecular weight is 640 g/mol. The molecule has 0 unspecified atom stereocenters. The minimum Gasteiger partial charge on any atom is -0.475 e. The topological polar surface area (TPSA) is 72.7 Å². The molecule has 0 saturated carbocycles. The molecule has 4 aromatic rings. The van der Waals surface area contributed by atoms with Gasteiger partial charge in [0.2, 0.25) is 11.8 Å². The first-order chi connectivity index (χ1) is 22.3. The van der Waals surface area contributed by atoms with Crippen molar-refractivity contribution in [2.45, 2.75) is 49.5 Å². The van der Waals surface area contributed by atoms with Crippen LogP contribution in [0, 0.1) is 17.1 Å². The molecule has 1 amide bonds. The molecule has 4 saturated heterocycles. The van der Waals surface area contributed by atoms with Gasteiger partial charge in [0.25, 0.3) is 0 Å². The maximum Gasteiger partial charge on any atom is 0.246 e. The van der Waals surface area contributed by atoms with Crippen molar-refractivity contribution >= 4 is 44.9 Å². The van der Waals surface area contributed by atoms with Gasteiger partial charge in [0.1, 0.15) is 30.2 Å². The molecule has 4 atom stereocenters. The molecule has 4 aliphatic heterocycles. The van der Waals surface area contributed by atoms with E-state index in [4.69, 9.17) is 21.3 Å². The highest BCUT2D eigenvalue weighted by atomic mass is 35.5. The quantitative estimate of drug-likeness (QED) is 0.220. The number of ether oxygens (including phenoxy) is 1. The lowest BCUT2D eigenvalue weighted by atomic mass is 9.92. The molecule has 4 aliphatic rings. The largest absolute Gasteiger partial charge is 0.475 e. The van der Waals surface area contributed by atoms with Crippen LogP contribution in [-0.4, -0.2) is 77.3 Å². The molecule has 0 aliphatic carbocycles. The first-order valence-electron chi connectivity index (χ1n) is 15.8. The number of nitrogens with zero attached hydrogens (tertiary/aromatic N) is 5. The summed E-state index contributed by atoms with van der Waals surface area (Å²) in [6, 6.07) is 16.6. The highest BCUT2D eigenvalue weighted by Crippen LogP contribution is 2.46. The van der Waals surface area contributed by atoms with Crippen LogP contribution < -0.4 is 9.64 Å². The van der Waals surface area contributed by atoms with Crippen LogP contribution in [0.4, 0.5) is 14.5 Å². The van der Waals surface area contributed by atoms with Crippen LogP contribution in [0.1, 0.15) is 31.2 Å². The zero-order valence-corrected chi connectivity index (χ0v) is 25.9. The predicted octanol–water partition coefficient (Wildman–Crippen LogP) is 6.65. The van der Waals surface area contributed by atoms with Gasteiger partial charge in [0.15, 0.2) is 0 Å². The Balaban J connectivity index is 1.27. The molecule has 0 N–H and O–H groups in total. The molecule has 4 fully saturated rings. The van der Waals surface area contributed by atoms with Crippen LogP contribution in [0.25, 0.3) is 32.8 Å². The Morgan fingerprint density at radius 3 is 2.80 bits per heavy atom. The van der Waals surface area contributed by atoms with E-state index in [1.807, 2.05) is 35.2 Å². The third-order valence-corrected chi connectivity index (χ3v) is 10.9. The third-order valence-electron chi connectivity index (χ3n) is 10.5. The van der Waals surface area contributed by atoms with E-state index in [0.29, 0.717) is 65.2 Å². The van der Waals surface area contributed by atoms with Gasteiger partial charge in [0, 0.05) is 47.4 Å². The Bertz CT molecular complexity index is 1970. The van der Waals surface area contributed by atoms with E-state index < -0.39 is 17.5 Å². The highest BCUT2D eigenvalue weighted by Gasteiger charge is 2.51. The second-order valence-corrected chi connectivity index (χ2v) is 13.3.